The molecule has 0 aromatic heterocycles. The zero-order valence-corrected chi connectivity index (χ0v) is 15.1. The van der Waals surface area contributed by atoms with Gasteiger partial charge in [0.2, 0.25) is 0 Å². The average molecular weight is 349 g/mol. The molecular formula is C14H30SSn. The molecule has 0 saturated carbocycles. The maximum absolute atomic E-state index is 2.30. The molecule has 0 aliphatic carbocycles. The topological polar surface area (TPSA) is 0 Å². The summed E-state index contributed by atoms with van der Waals surface area (Å²) in [6.45, 7) is 4.60. The monoisotopic (exact) mass is 350 g/mol. The van der Waals surface area contributed by atoms with E-state index in [-0.39, 0.29) is 34.6 Å². The van der Waals surface area contributed by atoms with Crippen molar-refractivity contribution in [2.24, 2.45) is 0 Å². The largest absolute Gasteiger partial charge is 2.00 e. The van der Waals surface area contributed by atoms with Crippen molar-refractivity contribution in [1.82, 2.24) is 0 Å². The van der Waals surface area contributed by atoms with Gasteiger partial charge in [-0.25, -0.2) is 0 Å². The fourth-order valence-corrected chi connectivity index (χ4v) is 5.40. The van der Waals surface area contributed by atoms with Gasteiger partial charge in [-0.3, -0.25) is 0 Å². The Balaban J connectivity index is 0. The summed E-state index contributed by atoms with van der Waals surface area (Å²) in [5.41, 5.74) is 0. The van der Waals surface area contributed by atoms with Crippen LogP contribution in [0.1, 0.15) is 78.1 Å². The predicted molar refractivity (Wildman–Crippen MR) is 80.3 cm³/mol. The Morgan fingerprint density at radius 2 is 0.938 bits per heavy atom. The fourth-order valence-electron chi connectivity index (χ4n) is 1.83. The van der Waals surface area contributed by atoms with Gasteiger partial charge < -0.3 is 13.5 Å². The maximum atomic E-state index is 2.30. The number of unbranched alkanes of at least 4 members (excludes halogenated alkanes) is 8. The summed E-state index contributed by atoms with van der Waals surface area (Å²) >= 11 is 0.0871. The molecule has 0 rings (SSSR count). The van der Waals surface area contributed by atoms with Crippen LogP contribution in [0.15, 0.2) is 0 Å². The Morgan fingerprint density at radius 3 is 1.31 bits per heavy atom. The molecule has 16 heavy (non-hydrogen) atoms. The van der Waals surface area contributed by atoms with Crippen LogP contribution < -0.4 is 0 Å². The summed E-state index contributed by atoms with van der Waals surface area (Å²) < 4.78 is 3.31. The van der Waals surface area contributed by atoms with Gasteiger partial charge in [-0.2, -0.15) is 0 Å². The summed E-state index contributed by atoms with van der Waals surface area (Å²) in [5, 5.41) is 0. The minimum absolute atomic E-state index is 0. The summed E-state index contributed by atoms with van der Waals surface area (Å²) in [6, 6.07) is 0. The van der Waals surface area contributed by atoms with Crippen LogP contribution in [0.5, 0.6) is 0 Å². The minimum atomic E-state index is 0. The molecule has 0 amide bonds. The Kier molecular flexibility index (Phi) is 22.5. The van der Waals surface area contributed by atoms with Gasteiger partial charge in [-0.05, 0) is 0 Å². The summed E-state index contributed by atoms with van der Waals surface area (Å²) in [4.78, 5) is 0. The first-order valence-electron chi connectivity index (χ1n) is 7.12. The van der Waals surface area contributed by atoms with E-state index in [9.17, 15) is 0 Å². The normalized spacial score (nSPS) is 9.62. The molecule has 0 heterocycles. The first-order chi connectivity index (χ1) is 7.41. The third-order valence-corrected chi connectivity index (χ3v) is 6.95. The molecule has 0 fully saturated rings. The minimum Gasteiger partial charge on any atom is -2.00 e. The van der Waals surface area contributed by atoms with Gasteiger partial charge in [-0.1, -0.05) is 0 Å². The van der Waals surface area contributed by atoms with Crippen LogP contribution in [0, 0.1) is 0 Å². The summed E-state index contributed by atoms with van der Waals surface area (Å²) in [5.74, 6) is 0. The quantitative estimate of drug-likeness (QED) is 0.324. The molecule has 0 atom stereocenters. The van der Waals surface area contributed by atoms with E-state index >= 15 is 0 Å². The van der Waals surface area contributed by atoms with E-state index in [2.05, 4.69) is 13.8 Å². The van der Waals surface area contributed by atoms with Crippen LogP contribution in [0.4, 0.5) is 0 Å². The fraction of sp³-hybridized carbons (Fsp3) is 1.00. The van der Waals surface area contributed by atoms with E-state index in [1.807, 2.05) is 0 Å². The second-order valence-corrected chi connectivity index (χ2v) is 8.86. The molecular weight excluding hydrogens is 319 g/mol. The molecule has 0 aromatic rings. The van der Waals surface area contributed by atoms with Gasteiger partial charge >= 0.3 is 108 Å². The molecule has 0 radical (unpaired) electrons. The van der Waals surface area contributed by atoms with E-state index in [4.69, 9.17) is 0 Å². The molecule has 0 N–H and O–H groups in total. The molecule has 0 nitrogen and oxygen atoms in total. The van der Waals surface area contributed by atoms with Crippen molar-refractivity contribution in [2.45, 2.75) is 86.9 Å². The zero-order valence-electron chi connectivity index (χ0n) is 11.4. The van der Waals surface area contributed by atoms with Gasteiger partial charge in [0.05, 0.1) is 0 Å². The Hall–Kier alpha value is 1.15. The zero-order chi connectivity index (χ0) is 11.2. The van der Waals surface area contributed by atoms with Crippen molar-refractivity contribution in [3.8, 4) is 0 Å². The first-order valence-corrected chi connectivity index (χ1v) is 11.2. The predicted octanol–water partition coefficient (Wildman–Crippen LogP) is 5.47. The third kappa shape index (κ3) is 17.5. The van der Waals surface area contributed by atoms with Crippen molar-refractivity contribution in [3.05, 3.63) is 0 Å². The van der Waals surface area contributed by atoms with Crippen molar-refractivity contribution < 1.29 is 0 Å². The standard InChI is InChI=1S/2C7H15.S.Sn/c2*1-3-5-7-6-4-2;;/h2*1,3-7H2,2H3;;/q;;-2;+2. The van der Waals surface area contributed by atoms with Crippen molar-refractivity contribution in [1.29, 1.82) is 0 Å². The molecule has 0 aliphatic rings. The molecule has 0 saturated heterocycles. The van der Waals surface area contributed by atoms with Gasteiger partial charge in [0, 0.05) is 0 Å². The maximum Gasteiger partial charge on any atom is -2.00 e. The van der Waals surface area contributed by atoms with Gasteiger partial charge in [0.1, 0.15) is 0 Å². The smallest absolute Gasteiger partial charge is 2.00 e. The average Bonchev–Trinajstić information content (AvgIpc) is 2.26. The van der Waals surface area contributed by atoms with Gasteiger partial charge in [0.25, 0.3) is 0 Å². The van der Waals surface area contributed by atoms with Crippen molar-refractivity contribution in [3.63, 3.8) is 0 Å². The Morgan fingerprint density at radius 1 is 0.562 bits per heavy atom. The molecule has 2 heteroatoms. The van der Waals surface area contributed by atoms with Crippen LogP contribution in [-0.4, -0.2) is 21.1 Å². The van der Waals surface area contributed by atoms with E-state index in [0.717, 1.165) is 0 Å². The Bertz CT molecular complexity index is 94.9. The Labute approximate surface area is 121 Å². The third-order valence-electron chi connectivity index (χ3n) is 2.91. The SMILES string of the molecule is CCCCCC[CH2][Sn+2][CH2]CCCCCC.[S-2]. The summed E-state index contributed by atoms with van der Waals surface area (Å²) in [7, 11) is 0. The van der Waals surface area contributed by atoms with E-state index in [1.165, 1.54) is 51.4 Å². The van der Waals surface area contributed by atoms with E-state index < -0.39 is 0 Å². The molecule has 0 aliphatic heterocycles. The van der Waals surface area contributed by atoms with Crippen molar-refractivity contribution >= 4 is 34.6 Å². The van der Waals surface area contributed by atoms with E-state index in [0.29, 0.717) is 0 Å². The second kappa shape index (κ2) is 18.5. The molecule has 0 unspecified atom stereocenters. The van der Waals surface area contributed by atoms with Gasteiger partial charge in [-0.15, -0.1) is 0 Å². The van der Waals surface area contributed by atoms with Crippen LogP contribution in [0.25, 0.3) is 0 Å². The van der Waals surface area contributed by atoms with Crippen molar-refractivity contribution in [2.75, 3.05) is 0 Å². The molecule has 0 aromatic carbocycles. The molecule has 0 bridgehead atoms. The van der Waals surface area contributed by atoms with Crippen LogP contribution in [0.2, 0.25) is 8.87 Å². The second-order valence-electron chi connectivity index (χ2n) is 4.58. The first kappa shape index (κ1) is 19.5. The van der Waals surface area contributed by atoms with E-state index in [1.54, 1.807) is 21.7 Å². The summed E-state index contributed by atoms with van der Waals surface area (Å²) in [6.07, 6.45) is 14.8. The van der Waals surface area contributed by atoms with Crippen LogP contribution in [0.3, 0.4) is 0 Å². The number of hydrogen-bond donors (Lipinski definition) is 0. The molecule has 96 valence electrons. The van der Waals surface area contributed by atoms with Crippen LogP contribution in [-0.2, 0) is 13.5 Å². The van der Waals surface area contributed by atoms with Gasteiger partial charge in [0.15, 0.2) is 0 Å². The number of rotatable bonds is 12. The number of hydrogen-bond acceptors (Lipinski definition) is 0. The molecule has 0 spiro atoms. The van der Waals surface area contributed by atoms with Crippen LogP contribution >= 0.6 is 0 Å².